The van der Waals surface area contributed by atoms with Crippen molar-refractivity contribution in [3.05, 3.63) is 34.4 Å². The minimum Gasteiger partial charge on any atom is -0.481 e. The molecule has 0 aliphatic carbocycles. The molecule has 0 saturated carbocycles. The van der Waals surface area contributed by atoms with Gasteiger partial charge in [0.1, 0.15) is 0 Å². The van der Waals surface area contributed by atoms with Crippen molar-refractivity contribution < 1.29 is 24.5 Å². The van der Waals surface area contributed by atoms with Crippen molar-refractivity contribution in [3.8, 4) is 0 Å². The monoisotopic (exact) mass is 449 g/mol. The summed E-state index contributed by atoms with van der Waals surface area (Å²) in [6.07, 6.45) is 0.547. The van der Waals surface area contributed by atoms with Gasteiger partial charge in [-0.1, -0.05) is 53.7 Å². The third-order valence-electron chi connectivity index (χ3n) is 6.38. The lowest BCUT2D eigenvalue weighted by Crippen LogP contribution is -2.39. The van der Waals surface area contributed by atoms with Gasteiger partial charge in [0.15, 0.2) is 0 Å². The Balaban J connectivity index is 3.18. The second-order valence-electron chi connectivity index (χ2n) is 10.4. The van der Waals surface area contributed by atoms with Crippen molar-refractivity contribution in [2.75, 3.05) is 6.61 Å². The molecule has 1 aromatic carbocycles. The van der Waals surface area contributed by atoms with Gasteiger partial charge in [0.2, 0.25) is 0 Å². The minimum atomic E-state index is -0.933. The molecular formula is C26H43NO5. The van der Waals surface area contributed by atoms with Gasteiger partial charge in [-0.15, -0.1) is 0 Å². The molecule has 0 aromatic heterocycles. The molecule has 32 heavy (non-hydrogen) atoms. The number of ether oxygens (including phenoxy) is 1. The van der Waals surface area contributed by atoms with Crippen molar-refractivity contribution in [2.24, 2.45) is 23.5 Å². The molecule has 6 heteroatoms. The normalized spacial score (nSPS) is 15.8. The number of aliphatic hydroxyl groups is 1. The Bertz CT molecular complexity index is 781. The molecule has 0 radical (unpaired) electrons. The number of rotatable bonds is 11. The number of nitrogens with two attached hydrogens (primary N) is 1. The number of hydrogen-bond donors (Lipinski definition) is 3. The number of esters is 1. The topological polar surface area (TPSA) is 110 Å². The lowest BCUT2D eigenvalue weighted by atomic mass is 9.77. The van der Waals surface area contributed by atoms with Crippen LogP contribution in [0.3, 0.4) is 0 Å². The van der Waals surface area contributed by atoms with E-state index in [9.17, 15) is 14.7 Å². The van der Waals surface area contributed by atoms with E-state index in [1.807, 2.05) is 13.0 Å². The highest BCUT2D eigenvalue weighted by molar-refractivity contribution is 5.93. The van der Waals surface area contributed by atoms with E-state index in [0.717, 1.165) is 23.1 Å². The zero-order valence-corrected chi connectivity index (χ0v) is 21.1. The molecule has 0 spiro atoms. The standard InChI is InChI=1S/C26H43NO5/c1-9-32-25(31)23-17(5)18(10-11-20(23)26(6,7)8)13-19(15(2)3)14-21(27)22(28)12-16(4)24(29)30/h10-11,15-16,19,21-22,28H,9,12-14,27H2,1-8H3,(H,29,30)/t16-,19+,21+,22+/m1/s1. The van der Waals surface area contributed by atoms with Crippen molar-refractivity contribution in [2.45, 2.75) is 92.2 Å². The molecule has 0 amide bonds. The van der Waals surface area contributed by atoms with Gasteiger partial charge < -0.3 is 20.7 Å². The number of carbonyl (C=O) groups excluding carboxylic acids is 1. The van der Waals surface area contributed by atoms with Crippen LogP contribution >= 0.6 is 0 Å². The first-order chi connectivity index (χ1) is 14.7. The van der Waals surface area contributed by atoms with E-state index in [4.69, 9.17) is 15.6 Å². The van der Waals surface area contributed by atoms with Crippen LogP contribution in [0.1, 0.15) is 88.4 Å². The number of aliphatic hydroxyl groups excluding tert-OH is 1. The third kappa shape index (κ3) is 7.59. The van der Waals surface area contributed by atoms with Crippen LogP contribution in [0.15, 0.2) is 12.1 Å². The van der Waals surface area contributed by atoms with Crippen LogP contribution < -0.4 is 5.73 Å². The minimum absolute atomic E-state index is 0.133. The van der Waals surface area contributed by atoms with Crippen LogP contribution in [0.5, 0.6) is 0 Å². The quantitative estimate of drug-likeness (QED) is 0.430. The molecule has 0 heterocycles. The van der Waals surface area contributed by atoms with E-state index >= 15 is 0 Å². The Hall–Kier alpha value is -1.92. The largest absolute Gasteiger partial charge is 0.481 e. The van der Waals surface area contributed by atoms with Gasteiger partial charge in [-0.3, -0.25) is 4.79 Å². The van der Waals surface area contributed by atoms with Gasteiger partial charge >= 0.3 is 11.9 Å². The van der Waals surface area contributed by atoms with Crippen molar-refractivity contribution >= 4 is 11.9 Å². The summed E-state index contributed by atoms with van der Waals surface area (Å²) in [6.45, 7) is 16.2. The van der Waals surface area contributed by atoms with E-state index < -0.39 is 24.0 Å². The summed E-state index contributed by atoms with van der Waals surface area (Å²) < 4.78 is 5.36. The Morgan fingerprint density at radius 3 is 2.19 bits per heavy atom. The predicted molar refractivity (Wildman–Crippen MR) is 128 cm³/mol. The van der Waals surface area contributed by atoms with E-state index in [0.29, 0.717) is 24.5 Å². The Morgan fingerprint density at radius 2 is 1.72 bits per heavy atom. The fourth-order valence-electron chi connectivity index (χ4n) is 4.09. The van der Waals surface area contributed by atoms with Gasteiger partial charge in [0.05, 0.1) is 24.2 Å². The highest BCUT2D eigenvalue weighted by atomic mass is 16.5. The maximum Gasteiger partial charge on any atom is 0.338 e. The van der Waals surface area contributed by atoms with Gasteiger partial charge in [-0.25, -0.2) is 4.79 Å². The highest BCUT2D eigenvalue weighted by Crippen LogP contribution is 2.33. The number of carboxylic acid groups (broad SMARTS) is 1. The summed E-state index contributed by atoms with van der Waals surface area (Å²) in [4.78, 5) is 23.9. The zero-order valence-electron chi connectivity index (χ0n) is 21.1. The summed E-state index contributed by atoms with van der Waals surface area (Å²) in [6, 6.07) is 3.60. The molecule has 6 nitrogen and oxygen atoms in total. The number of hydrogen-bond acceptors (Lipinski definition) is 5. The van der Waals surface area contributed by atoms with Crippen LogP contribution in [0.4, 0.5) is 0 Å². The molecule has 0 bridgehead atoms. The average molecular weight is 450 g/mol. The van der Waals surface area contributed by atoms with E-state index in [-0.39, 0.29) is 23.7 Å². The Morgan fingerprint density at radius 1 is 1.12 bits per heavy atom. The number of benzene rings is 1. The van der Waals surface area contributed by atoms with Gasteiger partial charge in [0.25, 0.3) is 0 Å². The molecule has 0 fully saturated rings. The molecule has 0 aliphatic heterocycles. The number of aliphatic carboxylic acids is 1. The SMILES string of the molecule is CCOC(=O)c1c(C(C)(C)C)ccc(C[C@@H](C[C@H](N)[C@@H](O)C[C@@H](C)C(=O)O)C(C)C)c1C. The fourth-order valence-corrected chi connectivity index (χ4v) is 4.09. The van der Waals surface area contributed by atoms with Gasteiger partial charge in [-0.2, -0.15) is 0 Å². The third-order valence-corrected chi connectivity index (χ3v) is 6.38. The molecule has 1 rings (SSSR count). The molecule has 182 valence electrons. The van der Waals surface area contributed by atoms with E-state index in [2.05, 4.69) is 40.7 Å². The first-order valence-corrected chi connectivity index (χ1v) is 11.7. The van der Waals surface area contributed by atoms with E-state index in [1.54, 1.807) is 13.8 Å². The average Bonchev–Trinajstić information content (AvgIpc) is 2.67. The van der Waals surface area contributed by atoms with Crippen LogP contribution in [-0.2, 0) is 21.4 Å². The fraction of sp³-hybridized carbons (Fsp3) is 0.692. The number of carboxylic acids is 1. The van der Waals surface area contributed by atoms with Crippen LogP contribution in [0.25, 0.3) is 0 Å². The summed E-state index contributed by atoms with van der Waals surface area (Å²) in [5.74, 6) is -1.40. The molecule has 1 aromatic rings. The van der Waals surface area contributed by atoms with Gasteiger partial charge in [-0.05, 0) is 67.1 Å². The number of carbonyl (C=O) groups is 2. The van der Waals surface area contributed by atoms with E-state index in [1.165, 1.54) is 0 Å². The molecule has 4 atom stereocenters. The Kier molecular flexibility index (Phi) is 10.4. The van der Waals surface area contributed by atoms with Gasteiger partial charge in [0, 0.05) is 6.04 Å². The lowest BCUT2D eigenvalue weighted by molar-refractivity contribution is -0.142. The van der Waals surface area contributed by atoms with Crippen molar-refractivity contribution in [3.63, 3.8) is 0 Å². The maximum absolute atomic E-state index is 12.8. The summed E-state index contributed by atoms with van der Waals surface area (Å²) in [5, 5.41) is 19.5. The molecule has 0 saturated heterocycles. The second-order valence-corrected chi connectivity index (χ2v) is 10.4. The molecular weight excluding hydrogens is 406 g/mol. The van der Waals surface area contributed by atoms with Crippen LogP contribution in [-0.4, -0.2) is 40.9 Å². The zero-order chi connectivity index (χ0) is 24.8. The Labute approximate surface area is 193 Å². The van der Waals surface area contributed by atoms with Crippen molar-refractivity contribution in [1.29, 1.82) is 0 Å². The summed E-state index contributed by atoms with van der Waals surface area (Å²) in [7, 11) is 0. The first kappa shape index (κ1) is 28.1. The first-order valence-electron chi connectivity index (χ1n) is 11.7. The smallest absolute Gasteiger partial charge is 0.338 e. The summed E-state index contributed by atoms with van der Waals surface area (Å²) in [5.41, 5.74) is 9.68. The predicted octanol–water partition coefficient (Wildman–Crippen LogP) is 4.47. The molecule has 4 N–H and O–H groups in total. The van der Waals surface area contributed by atoms with Crippen molar-refractivity contribution in [1.82, 2.24) is 0 Å². The van der Waals surface area contributed by atoms with Crippen LogP contribution in [0.2, 0.25) is 0 Å². The maximum atomic E-state index is 12.8. The molecule has 0 aliphatic rings. The van der Waals surface area contributed by atoms with Crippen LogP contribution in [0, 0.1) is 24.7 Å². The summed E-state index contributed by atoms with van der Waals surface area (Å²) >= 11 is 0. The lowest BCUT2D eigenvalue weighted by Gasteiger charge is -2.29. The highest BCUT2D eigenvalue weighted by Gasteiger charge is 2.29. The second kappa shape index (κ2) is 11.8. The molecule has 0 unspecified atom stereocenters.